The van der Waals surface area contributed by atoms with E-state index >= 15 is 0 Å². The van der Waals surface area contributed by atoms with Crippen LogP contribution < -0.4 is 5.56 Å². The first-order chi connectivity index (χ1) is 13.2. The van der Waals surface area contributed by atoms with Gasteiger partial charge in [0.1, 0.15) is 11.5 Å². The smallest absolute Gasteiger partial charge is 0.337 e. The van der Waals surface area contributed by atoms with Gasteiger partial charge in [0.05, 0.1) is 0 Å². The quantitative estimate of drug-likeness (QED) is 0.779. The van der Waals surface area contributed by atoms with Gasteiger partial charge in [-0.15, -0.1) is 0 Å². The largest absolute Gasteiger partial charge is 0.433 e. The Kier molecular flexibility index (Phi) is 4.51. The number of nitrogens with zero attached hydrogens (tertiary/aromatic N) is 5. The molecule has 0 N–H and O–H groups in total. The zero-order valence-corrected chi connectivity index (χ0v) is 15.4. The topological polar surface area (TPSA) is 73.0 Å². The zero-order valence-electron chi connectivity index (χ0n) is 15.4. The van der Waals surface area contributed by atoms with Crippen molar-refractivity contribution < 1.29 is 18.0 Å². The van der Waals surface area contributed by atoms with E-state index in [9.17, 15) is 22.8 Å². The molecule has 2 aromatic heterocycles. The Hall–Kier alpha value is -2.65. The fourth-order valence-electron chi connectivity index (χ4n) is 4.16. The van der Waals surface area contributed by atoms with Crippen molar-refractivity contribution in [3.63, 3.8) is 0 Å². The second kappa shape index (κ2) is 6.75. The van der Waals surface area contributed by atoms with Gasteiger partial charge in [-0.2, -0.15) is 23.3 Å². The van der Waals surface area contributed by atoms with Crippen molar-refractivity contribution >= 4 is 5.91 Å². The maximum Gasteiger partial charge on any atom is 0.433 e. The van der Waals surface area contributed by atoms with Crippen LogP contribution in [0.3, 0.4) is 0 Å². The molecule has 7 nitrogen and oxygen atoms in total. The molecule has 4 heterocycles. The van der Waals surface area contributed by atoms with Gasteiger partial charge in [-0.25, -0.2) is 0 Å². The maximum atomic E-state index is 13.0. The van der Waals surface area contributed by atoms with Gasteiger partial charge >= 0.3 is 6.18 Å². The number of alkyl halides is 3. The highest BCUT2D eigenvalue weighted by atomic mass is 19.4. The normalized spacial score (nSPS) is 19.7. The molecule has 1 amide bonds. The maximum absolute atomic E-state index is 13.0. The van der Waals surface area contributed by atoms with E-state index < -0.39 is 17.8 Å². The lowest BCUT2D eigenvalue weighted by atomic mass is 9.94. The lowest BCUT2D eigenvalue weighted by molar-refractivity contribution is -0.143. The summed E-state index contributed by atoms with van der Waals surface area (Å²) in [5, 5.41) is 3.76. The lowest BCUT2D eigenvalue weighted by Gasteiger charge is -2.33. The Morgan fingerprint density at radius 2 is 2.00 bits per heavy atom. The minimum absolute atomic E-state index is 0.0453. The van der Waals surface area contributed by atoms with Crippen LogP contribution in [0.4, 0.5) is 13.2 Å². The molecular formula is C18H20F3N5O2. The summed E-state index contributed by atoms with van der Waals surface area (Å²) in [6.07, 6.45) is -1.37. The van der Waals surface area contributed by atoms with Crippen molar-refractivity contribution in [2.75, 3.05) is 13.1 Å². The summed E-state index contributed by atoms with van der Waals surface area (Å²) in [6, 6.07) is 2.32. The van der Waals surface area contributed by atoms with E-state index in [1.54, 1.807) is 0 Å². The zero-order chi connectivity index (χ0) is 20.1. The molecule has 2 aromatic rings. The fraction of sp³-hybridized carbons (Fsp3) is 0.556. The monoisotopic (exact) mass is 395 g/mol. The van der Waals surface area contributed by atoms with Gasteiger partial charge in [0.2, 0.25) is 0 Å². The van der Waals surface area contributed by atoms with E-state index in [0.29, 0.717) is 24.2 Å². The van der Waals surface area contributed by atoms with Crippen molar-refractivity contribution in [1.82, 2.24) is 24.2 Å². The summed E-state index contributed by atoms with van der Waals surface area (Å²) in [6.45, 7) is 1.59. The van der Waals surface area contributed by atoms with Gasteiger partial charge in [-0.05, 0) is 19.3 Å². The first kappa shape index (κ1) is 18.7. The molecule has 0 aromatic carbocycles. The van der Waals surface area contributed by atoms with Crippen molar-refractivity contribution in [2.24, 2.45) is 7.05 Å². The first-order valence-electron chi connectivity index (χ1n) is 9.25. The van der Waals surface area contributed by atoms with Gasteiger partial charge in [0, 0.05) is 56.8 Å². The SMILES string of the molecule is Cn1nc(C(=O)N2CCC[C@H](c3cc(=O)nc4n3CCC4)C2)cc1C(F)(F)F. The second-order valence-electron chi connectivity index (χ2n) is 7.32. The molecule has 10 heteroatoms. The van der Waals surface area contributed by atoms with E-state index in [0.717, 1.165) is 43.4 Å². The molecule has 0 spiro atoms. The van der Waals surface area contributed by atoms with Gasteiger partial charge in [0.15, 0.2) is 5.69 Å². The van der Waals surface area contributed by atoms with Crippen molar-refractivity contribution in [1.29, 1.82) is 0 Å². The third-order valence-corrected chi connectivity index (χ3v) is 5.43. The highest BCUT2D eigenvalue weighted by Crippen LogP contribution is 2.31. The fourth-order valence-corrected chi connectivity index (χ4v) is 4.16. The molecule has 28 heavy (non-hydrogen) atoms. The Bertz CT molecular complexity index is 979. The van der Waals surface area contributed by atoms with Crippen LogP contribution in [-0.2, 0) is 26.2 Å². The minimum Gasteiger partial charge on any atom is -0.337 e. The van der Waals surface area contributed by atoms with E-state index in [-0.39, 0.29) is 17.2 Å². The predicted molar refractivity (Wildman–Crippen MR) is 92.9 cm³/mol. The number of fused-ring (bicyclic) bond motifs is 1. The van der Waals surface area contributed by atoms with Crippen molar-refractivity contribution in [3.8, 4) is 0 Å². The average molecular weight is 395 g/mol. The number of aryl methyl sites for hydroxylation is 2. The molecule has 2 aliphatic rings. The summed E-state index contributed by atoms with van der Waals surface area (Å²) in [7, 11) is 1.17. The summed E-state index contributed by atoms with van der Waals surface area (Å²) in [4.78, 5) is 30.3. The lowest BCUT2D eigenvalue weighted by Crippen LogP contribution is -2.40. The van der Waals surface area contributed by atoms with E-state index in [4.69, 9.17) is 0 Å². The first-order valence-corrected chi connectivity index (χ1v) is 9.25. The predicted octanol–water partition coefficient (Wildman–Crippen LogP) is 1.96. The Labute approximate surface area is 158 Å². The number of hydrogen-bond donors (Lipinski definition) is 0. The number of piperidine rings is 1. The molecule has 150 valence electrons. The van der Waals surface area contributed by atoms with Crippen LogP contribution in [0.15, 0.2) is 16.9 Å². The highest BCUT2D eigenvalue weighted by molar-refractivity contribution is 5.92. The summed E-state index contributed by atoms with van der Waals surface area (Å²) >= 11 is 0. The average Bonchev–Trinajstić information content (AvgIpc) is 3.26. The molecule has 0 unspecified atom stereocenters. The number of amides is 1. The van der Waals surface area contributed by atoms with E-state index in [1.807, 2.05) is 4.57 Å². The molecule has 0 saturated carbocycles. The van der Waals surface area contributed by atoms with Gasteiger partial charge in [-0.1, -0.05) is 0 Å². The highest BCUT2D eigenvalue weighted by Gasteiger charge is 2.37. The van der Waals surface area contributed by atoms with E-state index in [2.05, 4.69) is 10.1 Å². The Balaban J connectivity index is 1.58. The molecule has 1 saturated heterocycles. The number of halogens is 3. The molecule has 1 fully saturated rings. The number of likely N-dealkylation sites (tertiary alicyclic amines) is 1. The third kappa shape index (κ3) is 3.31. The molecular weight excluding hydrogens is 375 g/mol. The number of aromatic nitrogens is 4. The molecule has 2 aliphatic heterocycles. The van der Waals surface area contributed by atoms with Crippen LogP contribution in [0.2, 0.25) is 0 Å². The van der Waals surface area contributed by atoms with Crippen molar-refractivity contribution in [3.05, 3.63) is 45.4 Å². The molecule has 0 aliphatic carbocycles. The second-order valence-corrected chi connectivity index (χ2v) is 7.32. The van der Waals surface area contributed by atoms with Crippen LogP contribution in [0.25, 0.3) is 0 Å². The summed E-state index contributed by atoms with van der Waals surface area (Å²) in [5.41, 5.74) is -0.594. The minimum atomic E-state index is -4.57. The number of hydrogen-bond acceptors (Lipinski definition) is 4. The van der Waals surface area contributed by atoms with Gasteiger partial charge in [0.25, 0.3) is 11.5 Å². The van der Waals surface area contributed by atoms with Gasteiger partial charge in [-0.3, -0.25) is 14.3 Å². The summed E-state index contributed by atoms with van der Waals surface area (Å²) in [5.74, 6) is 0.204. The molecule has 0 bridgehead atoms. The molecule has 4 rings (SSSR count). The van der Waals surface area contributed by atoms with Gasteiger partial charge < -0.3 is 9.47 Å². The molecule has 1 atom stereocenters. The number of rotatable bonds is 2. The standard InChI is InChI=1S/C18H20F3N5O2/c1-24-14(18(19,20)21)8-12(23-24)17(28)25-6-2-4-11(10-25)13-9-16(27)22-15-5-3-7-26(13)15/h8-9,11H,2-7,10H2,1H3/t11-/m0/s1. The van der Waals surface area contributed by atoms with Crippen LogP contribution >= 0.6 is 0 Å². The van der Waals surface area contributed by atoms with Crippen molar-refractivity contribution in [2.45, 2.75) is 44.3 Å². The Morgan fingerprint density at radius 3 is 2.71 bits per heavy atom. The van der Waals surface area contributed by atoms with Crippen LogP contribution in [0.1, 0.15) is 52.9 Å². The van der Waals surface area contributed by atoms with E-state index in [1.165, 1.54) is 18.0 Å². The van der Waals surface area contributed by atoms with Crippen LogP contribution in [0, 0.1) is 0 Å². The summed E-state index contributed by atoms with van der Waals surface area (Å²) < 4.78 is 41.7. The third-order valence-electron chi connectivity index (χ3n) is 5.43. The molecule has 0 radical (unpaired) electrons. The Morgan fingerprint density at radius 1 is 1.21 bits per heavy atom. The van der Waals surface area contributed by atoms with Crippen LogP contribution in [-0.4, -0.2) is 43.2 Å². The number of carbonyl (C=O) groups is 1. The van der Waals surface area contributed by atoms with Crippen LogP contribution in [0.5, 0.6) is 0 Å². The number of carbonyl (C=O) groups excluding carboxylic acids is 1.